The number of amidine groups is 1. The fourth-order valence-corrected chi connectivity index (χ4v) is 3.52. The van der Waals surface area contributed by atoms with Crippen molar-refractivity contribution in [3.8, 4) is 5.75 Å². The number of aromatic hydroxyl groups is 1. The van der Waals surface area contributed by atoms with Crippen LogP contribution in [0.1, 0.15) is 11.1 Å². The topological polar surface area (TPSA) is 105 Å². The number of amides is 1. The normalized spacial score (nSPS) is 16.8. The molecule has 2 aromatic carbocycles. The maximum absolute atomic E-state index is 12.2. The molecule has 1 aliphatic rings. The summed E-state index contributed by atoms with van der Waals surface area (Å²) < 4.78 is 0. The third-order valence-electron chi connectivity index (χ3n) is 3.68. The molecule has 0 saturated carbocycles. The van der Waals surface area contributed by atoms with Gasteiger partial charge in [0.1, 0.15) is 0 Å². The Labute approximate surface area is 167 Å². The van der Waals surface area contributed by atoms with Gasteiger partial charge in [-0.3, -0.25) is 14.9 Å². The van der Waals surface area contributed by atoms with Crippen LogP contribution >= 0.6 is 35.0 Å². The van der Waals surface area contributed by atoms with E-state index in [1.54, 1.807) is 18.2 Å². The van der Waals surface area contributed by atoms with Crippen LogP contribution in [0.3, 0.4) is 0 Å². The first-order chi connectivity index (χ1) is 12.8. The van der Waals surface area contributed by atoms with Gasteiger partial charge >= 0.3 is 5.69 Å². The summed E-state index contributed by atoms with van der Waals surface area (Å²) in [4.78, 5) is 27.0. The number of benzene rings is 2. The van der Waals surface area contributed by atoms with E-state index >= 15 is 0 Å². The molecule has 10 heteroatoms. The van der Waals surface area contributed by atoms with Gasteiger partial charge in [-0.05, 0) is 48.5 Å². The Balaban J connectivity index is 1.96. The maximum atomic E-state index is 12.2. The number of nitro benzene ring substituents is 1. The standard InChI is InChI=1S/C17H11Cl2N3O4S/c1-8-11(19)3-2-4-12(8)20-17-21-16(24)14(27-17)6-9-5-10(18)7-13(15(9)23)22(25)26/h2-7,23H,1H3,(H,20,21,24)/b14-6+. The molecule has 0 aliphatic carbocycles. The number of phenolic OH excluding ortho intramolecular Hbond substituents is 1. The lowest BCUT2D eigenvalue weighted by Gasteiger charge is -2.03. The Hall–Kier alpha value is -2.55. The molecule has 7 nitrogen and oxygen atoms in total. The molecule has 0 unspecified atom stereocenters. The summed E-state index contributed by atoms with van der Waals surface area (Å²) in [7, 11) is 0. The summed E-state index contributed by atoms with van der Waals surface area (Å²) in [6.45, 7) is 1.81. The van der Waals surface area contributed by atoms with Crippen LogP contribution in [0.5, 0.6) is 5.75 Å². The van der Waals surface area contributed by atoms with Crippen molar-refractivity contribution in [2.24, 2.45) is 4.99 Å². The first-order valence-corrected chi connectivity index (χ1v) is 9.05. The Bertz CT molecular complexity index is 1040. The molecule has 0 spiro atoms. The van der Waals surface area contributed by atoms with Gasteiger partial charge in [-0.1, -0.05) is 29.3 Å². The van der Waals surface area contributed by atoms with Crippen molar-refractivity contribution in [1.82, 2.24) is 5.32 Å². The zero-order valence-corrected chi connectivity index (χ0v) is 16.0. The van der Waals surface area contributed by atoms with E-state index in [-0.39, 0.29) is 15.5 Å². The van der Waals surface area contributed by atoms with Gasteiger partial charge in [0.05, 0.1) is 15.5 Å². The smallest absolute Gasteiger partial charge is 0.312 e. The van der Waals surface area contributed by atoms with Gasteiger partial charge in [-0.25, -0.2) is 4.99 Å². The lowest BCUT2D eigenvalue weighted by Crippen LogP contribution is -2.19. The van der Waals surface area contributed by atoms with Gasteiger partial charge in [0.25, 0.3) is 5.91 Å². The number of nitrogens with one attached hydrogen (secondary N) is 1. The molecule has 1 heterocycles. The van der Waals surface area contributed by atoms with Crippen molar-refractivity contribution in [3.63, 3.8) is 0 Å². The first kappa shape index (κ1) is 19.2. The Morgan fingerprint density at radius 2 is 2.07 bits per heavy atom. The van der Waals surface area contributed by atoms with Gasteiger partial charge in [-0.15, -0.1) is 0 Å². The molecular formula is C17H11Cl2N3O4S. The predicted octanol–water partition coefficient (Wildman–Crippen LogP) is 4.81. The summed E-state index contributed by atoms with van der Waals surface area (Å²) in [5.74, 6) is -1.01. The van der Waals surface area contributed by atoms with Crippen molar-refractivity contribution in [2.75, 3.05) is 0 Å². The molecule has 0 bridgehead atoms. The molecule has 1 aliphatic heterocycles. The molecule has 3 rings (SSSR count). The van der Waals surface area contributed by atoms with E-state index in [1.165, 1.54) is 12.1 Å². The second kappa shape index (κ2) is 7.59. The molecule has 1 amide bonds. The molecule has 0 radical (unpaired) electrons. The van der Waals surface area contributed by atoms with Crippen LogP contribution in [0.15, 0.2) is 40.2 Å². The molecule has 2 aromatic rings. The van der Waals surface area contributed by atoms with Crippen molar-refractivity contribution in [1.29, 1.82) is 0 Å². The number of nitrogens with zero attached hydrogens (tertiary/aromatic N) is 2. The van der Waals surface area contributed by atoms with Crippen molar-refractivity contribution in [2.45, 2.75) is 6.92 Å². The third-order valence-corrected chi connectivity index (χ3v) is 5.22. The highest BCUT2D eigenvalue weighted by molar-refractivity contribution is 8.18. The quantitative estimate of drug-likeness (QED) is 0.418. The molecule has 138 valence electrons. The van der Waals surface area contributed by atoms with E-state index in [0.717, 1.165) is 23.4 Å². The van der Waals surface area contributed by atoms with Gasteiger partial charge in [0.15, 0.2) is 5.17 Å². The molecular weight excluding hydrogens is 413 g/mol. The number of nitro groups is 1. The molecule has 0 aromatic heterocycles. The van der Waals surface area contributed by atoms with E-state index in [4.69, 9.17) is 23.2 Å². The monoisotopic (exact) mass is 423 g/mol. The van der Waals surface area contributed by atoms with E-state index < -0.39 is 22.3 Å². The van der Waals surface area contributed by atoms with Gasteiger partial charge in [0, 0.05) is 21.7 Å². The van der Waals surface area contributed by atoms with E-state index in [2.05, 4.69) is 10.3 Å². The Morgan fingerprint density at radius 3 is 2.78 bits per heavy atom. The minimum absolute atomic E-state index is 0.0621. The van der Waals surface area contributed by atoms with E-state index in [0.29, 0.717) is 15.9 Å². The fraction of sp³-hybridized carbons (Fsp3) is 0.0588. The number of phenols is 1. The summed E-state index contributed by atoms with van der Waals surface area (Å²) in [6, 6.07) is 7.61. The number of thioether (sulfide) groups is 1. The SMILES string of the molecule is Cc1c(Cl)cccc1N=C1NC(=O)/C(=C\c2cc(Cl)cc([N+](=O)[O-])c2O)S1. The molecule has 27 heavy (non-hydrogen) atoms. The molecule has 0 atom stereocenters. The van der Waals surface area contributed by atoms with Crippen LogP contribution in [0.4, 0.5) is 11.4 Å². The van der Waals surface area contributed by atoms with Crippen LogP contribution in [-0.2, 0) is 4.79 Å². The summed E-state index contributed by atoms with van der Waals surface area (Å²) in [5.41, 5.74) is 0.892. The average Bonchev–Trinajstić information content (AvgIpc) is 2.94. The summed E-state index contributed by atoms with van der Waals surface area (Å²) >= 11 is 13.0. The summed E-state index contributed by atoms with van der Waals surface area (Å²) in [6.07, 6.45) is 1.32. The second-order valence-electron chi connectivity index (χ2n) is 5.49. The number of hydrogen-bond acceptors (Lipinski definition) is 6. The molecule has 1 fully saturated rings. The minimum Gasteiger partial charge on any atom is -0.502 e. The highest BCUT2D eigenvalue weighted by Crippen LogP contribution is 2.37. The number of hydrogen-bond donors (Lipinski definition) is 2. The highest BCUT2D eigenvalue weighted by Gasteiger charge is 2.26. The number of carbonyl (C=O) groups excluding carboxylic acids is 1. The summed E-state index contributed by atoms with van der Waals surface area (Å²) in [5, 5.41) is 24.6. The fourth-order valence-electron chi connectivity index (χ4n) is 2.30. The number of carbonyl (C=O) groups is 1. The maximum Gasteiger partial charge on any atom is 0.312 e. The van der Waals surface area contributed by atoms with E-state index in [1.807, 2.05) is 6.92 Å². The molecule has 2 N–H and O–H groups in total. The largest absolute Gasteiger partial charge is 0.502 e. The van der Waals surface area contributed by atoms with Gasteiger partial charge < -0.3 is 10.4 Å². The first-order valence-electron chi connectivity index (χ1n) is 7.48. The predicted molar refractivity (Wildman–Crippen MR) is 107 cm³/mol. The Kier molecular flexibility index (Phi) is 5.41. The lowest BCUT2D eigenvalue weighted by molar-refractivity contribution is -0.385. The third kappa shape index (κ3) is 4.08. The van der Waals surface area contributed by atoms with Crippen LogP contribution < -0.4 is 5.32 Å². The zero-order chi connectivity index (χ0) is 19.7. The van der Waals surface area contributed by atoms with Crippen molar-refractivity contribution < 1.29 is 14.8 Å². The lowest BCUT2D eigenvalue weighted by atomic mass is 10.1. The van der Waals surface area contributed by atoms with Gasteiger partial charge in [0.2, 0.25) is 5.75 Å². The van der Waals surface area contributed by atoms with E-state index in [9.17, 15) is 20.0 Å². The second-order valence-corrected chi connectivity index (χ2v) is 7.36. The number of halogens is 2. The average molecular weight is 424 g/mol. The number of rotatable bonds is 3. The van der Waals surface area contributed by atoms with Crippen LogP contribution in [0.2, 0.25) is 10.0 Å². The zero-order valence-electron chi connectivity index (χ0n) is 13.7. The Morgan fingerprint density at radius 1 is 1.33 bits per heavy atom. The highest BCUT2D eigenvalue weighted by atomic mass is 35.5. The van der Waals surface area contributed by atoms with Crippen LogP contribution in [0, 0.1) is 17.0 Å². The van der Waals surface area contributed by atoms with Crippen LogP contribution in [-0.4, -0.2) is 21.1 Å². The van der Waals surface area contributed by atoms with Crippen molar-refractivity contribution in [3.05, 3.63) is 66.5 Å². The number of aliphatic imine (C=N–C) groups is 1. The van der Waals surface area contributed by atoms with Crippen LogP contribution in [0.25, 0.3) is 6.08 Å². The van der Waals surface area contributed by atoms with Crippen molar-refractivity contribution >= 4 is 63.5 Å². The minimum atomic E-state index is -0.750. The molecule has 1 saturated heterocycles. The van der Waals surface area contributed by atoms with Gasteiger partial charge in [-0.2, -0.15) is 0 Å².